The van der Waals surface area contributed by atoms with Gasteiger partial charge >= 0.3 is 0 Å². The molecule has 0 saturated carbocycles. The Bertz CT molecular complexity index is 4590. The maximum absolute atomic E-state index is 6.71. The van der Waals surface area contributed by atoms with Crippen LogP contribution >= 0.6 is 0 Å². The van der Waals surface area contributed by atoms with Crippen LogP contribution in [-0.4, -0.2) is 9.55 Å². The van der Waals surface area contributed by atoms with E-state index in [-0.39, 0.29) is 0 Å². The maximum atomic E-state index is 6.71. The Labute approximate surface area is 400 Å². The third kappa shape index (κ3) is 5.95. The Hall–Kier alpha value is -9.45. The fourth-order valence-corrected chi connectivity index (χ4v) is 11.0. The zero-order chi connectivity index (χ0) is 45.9. The molecule has 0 saturated heterocycles. The molecular weight excluding hydrogens is 857 g/mol. The summed E-state index contributed by atoms with van der Waals surface area (Å²) < 4.78 is 22.0. The third-order valence-corrected chi connectivity index (χ3v) is 14.2. The molecule has 0 unspecified atom stereocenters. The van der Waals surface area contributed by atoms with Crippen LogP contribution in [0, 0.1) is 0 Å². The van der Waals surface area contributed by atoms with E-state index in [4.69, 9.17) is 18.2 Å². The van der Waals surface area contributed by atoms with Gasteiger partial charge in [-0.15, -0.1) is 0 Å². The summed E-state index contributed by atoms with van der Waals surface area (Å²) in [6.07, 6.45) is 0. The predicted molar refractivity (Wildman–Crippen MR) is 288 cm³/mol. The van der Waals surface area contributed by atoms with E-state index in [0.29, 0.717) is 0 Å². The van der Waals surface area contributed by atoms with Gasteiger partial charge in [0.2, 0.25) is 0 Å². The minimum absolute atomic E-state index is 0.809. The van der Waals surface area contributed by atoms with Crippen molar-refractivity contribution in [3.05, 3.63) is 231 Å². The lowest BCUT2D eigenvalue weighted by Crippen LogP contribution is -1.92. The summed E-state index contributed by atoms with van der Waals surface area (Å²) in [5.41, 5.74) is 18.9. The van der Waals surface area contributed by atoms with Gasteiger partial charge in [0.1, 0.15) is 33.5 Å². The molecule has 0 radical (unpaired) electrons. The molecule has 0 atom stereocenters. The lowest BCUT2D eigenvalue weighted by molar-refractivity contribution is 0.668. The highest BCUT2D eigenvalue weighted by Crippen LogP contribution is 2.44. The first kappa shape index (κ1) is 38.6. The van der Waals surface area contributed by atoms with Gasteiger partial charge in [0.25, 0.3) is 0 Å². The van der Waals surface area contributed by atoms with Gasteiger partial charge in [-0.25, -0.2) is 4.98 Å². The van der Waals surface area contributed by atoms with Crippen molar-refractivity contribution in [1.82, 2.24) is 9.55 Å². The summed E-state index contributed by atoms with van der Waals surface area (Å²) in [7, 11) is 0. The van der Waals surface area contributed by atoms with Crippen LogP contribution in [-0.2, 0) is 0 Å². The molecule has 0 N–H and O–H groups in total. The highest BCUT2D eigenvalue weighted by molar-refractivity contribution is 6.17. The summed E-state index contributed by atoms with van der Waals surface area (Å²) in [6, 6.07) is 81.3. The van der Waals surface area contributed by atoms with Crippen molar-refractivity contribution in [2.75, 3.05) is 0 Å². The molecule has 5 heteroatoms. The predicted octanol–water partition coefficient (Wildman–Crippen LogP) is 18.2. The fraction of sp³-hybridized carbons (Fsp3) is 0. The van der Waals surface area contributed by atoms with E-state index in [1.54, 1.807) is 0 Å². The number of nitrogens with zero attached hydrogens (tertiary/aromatic N) is 2. The molecule has 326 valence electrons. The normalized spacial score (nSPS) is 12.0. The molecule has 0 aliphatic carbocycles. The van der Waals surface area contributed by atoms with Crippen LogP contribution in [0.2, 0.25) is 0 Å². The van der Waals surface area contributed by atoms with Crippen molar-refractivity contribution in [3.8, 4) is 61.6 Å². The molecule has 5 nitrogen and oxygen atoms in total. The van der Waals surface area contributed by atoms with E-state index in [2.05, 4.69) is 223 Å². The molecule has 0 amide bonds. The Morgan fingerprint density at radius 2 is 0.829 bits per heavy atom. The third-order valence-electron chi connectivity index (χ3n) is 14.2. The van der Waals surface area contributed by atoms with Crippen LogP contribution in [0.3, 0.4) is 0 Å². The van der Waals surface area contributed by atoms with Crippen LogP contribution in [0.5, 0.6) is 0 Å². The monoisotopic (exact) mass is 894 g/mol. The molecule has 15 rings (SSSR count). The zero-order valence-electron chi connectivity index (χ0n) is 37.6. The fourth-order valence-electron chi connectivity index (χ4n) is 11.0. The smallest absolute Gasteiger partial charge is 0.136 e. The quantitative estimate of drug-likeness (QED) is 0.167. The topological polar surface area (TPSA) is 57.2 Å². The van der Waals surface area contributed by atoms with E-state index in [0.717, 1.165) is 127 Å². The number of fused-ring (bicyclic) bond motifs is 12. The van der Waals surface area contributed by atoms with Gasteiger partial charge in [0, 0.05) is 59.9 Å². The first-order valence-electron chi connectivity index (χ1n) is 23.7. The summed E-state index contributed by atoms with van der Waals surface area (Å²) in [4.78, 5) is 5.42. The highest BCUT2D eigenvalue weighted by Gasteiger charge is 2.20. The molecule has 5 heterocycles. The number of aromatic nitrogens is 2. The summed E-state index contributed by atoms with van der Waals surface area (Å²) in [6.45, 7) is 0. The molecule has 5 aromatic heterocycles. The molecule has 0 fully saturated rings. The van der Waals surface area contributed by atoms with E-state index < -0.39 is 0 Å². The number of hydrogen-bond donors (Lipinski definition) is 0. The average Bonchev–Trinajstić information content (AvgIpc) is 4.19. The standard InChI is InChI=1S/C65H38N2O3/c1-3-13-39(14-4-1)44-35-54(43-26-29-49-48-18-8-10-22-58(48)69-62(49)38-43)66-55(36-44)50-20-12-24-61-65(50)53-34-42(28-32-59(53)68-61)46-19-11-23-60-64(46)51-30-25-41(37-63(51)70-60)40-27-31-57-52(33-40)47-17-7-9-21-56(47)67(57)45-15-5-2-6-16-45/h1-38H. The van der Waals surface area contributed by atoms with E-state index in [1.807, 2.05) is 12.1 Å². The molecule has 0 bridgehead atoms. The molecule has 0 spiro atoms. The van der Waals surface area contributed by atoms with E-state index in [9.17, 15) is 0 Å². The Morgan fingerprint density at radius 1 is 0.271 bits per heavy atom. The van der Waals surface area contributed by atoms with Gasteiger partial charge in [0.15, 0.2) is 0 Å². The molecule has 0 aliphatic rings. The van der Waals surface area contributed by atoms with E-state index in [1.165, 1.54) is 21.8 Å². The van der Waals surface area contributed by atoms with Crippen LogP contribution in [0.15, 0.2) is 244 Å². The zero-order valence-corrected chi connectivity index (χ0v) is 37.6. The number of furan rings is 3. The van der Waals surface area contributed by atoms with Gasteiger partial charge in [-0.2, -0.15) is 0 Å². The Kier molecular flexibility index (Phi) is 8.29. The molecule has 0 aliphatic heterocycles. The average molecular weight is 895 g/mol. The van der Waals surface area contributed by atoms with Gasteiger partial charge in [0.05, 0.1) is 22.4 Å². The first-order chi connectivity index (χ1) is 34.7. The van der Waals surface area contributed by atoms with Crippen LogP contribution in [0.25, 0.3) is 149 Å². The van der Waals surface area contributed by atoms with Crippen LogP contribution in [0.1, 0.15) is 0 Å². The number of benzene rings is 10. The van der Waals surface area contributed by atoms with Crippen molar-refractivity contribution < 1.29 is 13.3 Å². The molecule has 15 aromatic rings. The molecular formula is C65H38N2O3. The van der Waals surface area contributed by atoms with Crippen molar-refractivity contribution in [2.45, 2.75) is 0 Å². The highest BCUT2D eigenvalue weighted by atomic mass is 16.3. The minimum Gasteiger partial charge on any atom is -0.456 e. The van der Waals surface area contributed by atoms with E-state index >= 15 is 0 Å². The van der Waals surface area contributed by atoms with Gasteiger partial charge in [-0.1, -0.05) is 133 Å². The number of hydrogen-bond acceptors (Lipinski definition) is 4. The lowest BCUT2D eigenvalue weighted by Gasteiger charge is -2.11. The SMILES string of the molecule is c1ccc(-c2cc(-c3ccc4c(c3)oc3ccccc34)nc(-c3cccc4oc5ccc(-c6cccc7oc8cc(-c9ccc%10c(c9)c9ccccc9n%10-c9ccccc9)ccc8c67)cc5c34)c2)cc1. The van der Waals surface area contributed by atoms with Crippen LogP contribution in [0.4, 0.5) is 0 Å². The Balaban J connectivity index is 0.853. The summed E-state index contributed by atoms with van der Waals surface area (Å²) >= 11 is 0. The molecule has 10 aromatic carbocycles. The van der Waals surface area contributed by atoms with Gasteiger partial charge < -0.3 is 17.8 Å². The van der Waals surface area contributed by atoms with Crippen molar-refractivity contribution in [2.24, 2.45) is 0 Å². The molecule has 70 heavy (non-hydrogen) atoms. The van der Waals surface area contributed by atoms with Crippen molar-refractivity contribution in [1.29, 1.82) is 0 Å². The second kappa shape index (κ2) is 15.0. The maximum Gasteiger partial charge on any atom is 0.136 e. The summed E-state index contributed by atoms with van der Waals surface area (Å²) in [5, 5.41) is 8.84. The van der Waals surface area contributed by atoms with Crippen molar-refractivity contribution in [3.63, 3.8) is 0 Å². The second-order valence-electron chi connectivity index (χ2n) is 18.2. The van der Waals surface area contributed by atoms with Crippen molar-refractivity contribution >= 4 is 87.6 Å². The number of pyridine rings is 1. The lowest BCUT2D eigenvalue weighted by atomic mass is 9.95. The Morgan fingerprint density at radius 3 is 1.70 bits per heavy atom. The van der Waals surface area contributed by atoms with Gasteiger partial charge in [-0.3, -0.25) is 0 Å². The first-order valence-corrected chi connectivity index (χ1v) is 23.7. The number of rotatable bonds is 6. The minimum atomic E-state index is 0.809. The number of para-hydroxylation sites is 3. The van der Waals surface area contributed by atoms with Gasteiger partial charge in [-0.05, 0) is 130 Å². The largest absolute Gasteiger partial charge is 0.456 e. The second-order valence-corrected chi connectivity index (χ2v) is 18.2. The van der Waals surface area contributed by atoms with Crippen LogP contribution < -0.4 is 0 Å². The summed E-state index contributed by atoms with van der Waals surface area (Å²) in [5.74, 6) is 0.